The SMILES string of the molecule is NC(=O)c1ccc(NC(C2CC2)C2CC2)c(N)c1. The van der Waals surface area contributed by atoms with Crippen LogP contribution < -0.4 is 16.8 Å². The van der Waals surface area contributed by atoms with Crippen molar-refractivity contribution in [2.75, 3.05) is 11.1 Å². The van der Waals surface area contributed by atoms with Crippen molar-refractivity contribution < 1.29 is 4.79 Å². The summed E-state index contributed by atoms with van der Waals surface area (Å²) in [6.07, 6.45) is 5.31. The first-order chi connectivity index (χ1) is 8.65. The third-order valence-corrected chi connectivity index (χ3v) is 3.92. The average molecular weight is 245 g/mol. The van der Waals surface area contributed by atoms with Gasteiger partial charge in [-0.1, -0.05) is 0 Å². The molecule has 2 fully saturated rings. The molecule has 5 N–H and O–H groups in total. The van der Waals surface area contributed by atoms with Gasteiger partial charge in [0.2, 0.25) is 5.91 Å². The molecule has 2 saturated carbocycles. The number of hydrogen-bond donors (Lipinski definition) is 3. The largest absolute Gasteiger partial charge is 0.397 e. The Morgan fingerprint density at radius 3 is 2.28 bits per heavy atom. The van der Waals surface area contributed by atoms with Crippen molar-refractivity contribution in [3.8, 4) is 0 Å². The highest BCUT2D eigenvalue weighted by atomic mass is 16.1. The third kappa shape index (κ3) is 2.28. The zero-order valence-electron chi connectivity index (χ0n) is 10.4. The van der Waals surface area contributed by atoms with Crippen LogP contribution in [0, 0.1) is 11.8 Å². The fourth-order valence-corrected chi connectivity index (χ4v) is 2.56. The van der Waals surface area contributed by atoms with Crippen molar-refractivity contribution in [2.45, 2.75) is 31.7 Å². The molecule has 0 aromatic heterocycles. The summed E-state index contributed by atoms with van der Waals surface area (Å²) in [6.45, 7) is 0. The van der Waals surface area contributed by atoms with Gasteiger partial charge in [-0.3, -0.25) is 4.79 Å². The molecule has 96 valence electrons. The van der Waals surface area contributed by atoms with Crippen LogP contribution in [0.3, 0.4) is 0 Å². The average Bonchev–Trinajstić information content (AvgIpc) is 3.19. The Labute approximate surface area is 107 Å². The molecule has 2 aliphatic carbocycles. The van der Waals surface area contributed by atoms with Crippen molar-refractivity contribution in [1.82, 2.24) is 0 Å². The topological polar surface area (TPSA) is 81.1 Å². The van der Waals surface area contributed by atoms with Crippen LogP contribution in [0.4, 0.5) is 11.4 Å². The Morgan fingerprint density at radius 2 is 1.83 bits per heavy atom. The van der Waals surface area contributed by atoms with E-state index >= 15 is 0 Å². The van der Waals surface area contributed by atoms with Gasteiger partial charge in [0.15, 0.2) is 0 Å². The minimum atomic E-state index is -0.436. The number of amides is 1. The molecule has 0 radical (unpaired) electrons. The lowest BCUT2D eigenvalue weighted by molar-refractivity contribution is 0.100. The number of anilines is 2. The molecule has 0 heterocycles. The number of nitrogens with two attached hydrogens (primary N) is 2. The lowest BCUT2D eigenvalue weighted by atomic mass is 10.1. The summed E-state index contributed by atoms with van der Waals surface area (Å²) in [5, 5.41) is 3.56. The Balaban J connectivity index is 1.77. The van der Waals surface area contributed by atoms with Gasteiger partial charge in [0.1, 0.15) is 0 Å². The predicted molar refractivity (Wildman–Crippen MR) is 72.2 cm³/mol. The lowest BCUT2D eigenvalue weighted by Crippen LogP contribution is -2.25. The highest BCUT2D eigenvalue weighted by Crippen LogP contribution is 2.46. The molecule has 18 heavy (non-hydrogen) atoms. The van der Waals surface area contributed by atoms with E-state index in [9.17, 15) is 4.79 Å². The molecule has 1 aromatic rings. The molecule has 0 spiro atoms. The standard InChI is InChI=1S/C14H19N3O/c15-11-7-10(14(16)18)5-6-12(11)17-13(8-1-2-8)9-3-4-9/h5-9,13,17H,1-4,15H2,(H2,16,18). The maximum Gasteiger partial charge on any atom is 0.248 e. The quantitative estimate of drug-likeness (QED) is 0.694. The first kappa shape index (κ1) is 11.4. The molecular formula is C14H19N3O. The number of nitrogen functional groups attached to an aromatic ring is 1. The van der Waals surface area contributed by atoms with E-state index in [0.29, 0.717) is 17.3 Å². The number of benzene rings is 1. The third-order valence-electron chi connectivity index (χ3n) is 3.92. The molecule has 1 amide bonds. The van der Waals surface area contributed by atoms with E-state index in [1.807, 2.05) is 6.07 Å². The van der Waals surface area contributed by atoms with Crippen LogP contribution in [0.5, 0.6) is 0 Å². The molecule has 0 bridgehead atoms. The summed E-state index contributed by atoms with van der Waals surface area (Å²) in [5.74, 6) is 1.19. The molecule has 0 unspecified atom stereocenters. The molecule has 4 nitrogen and oxygen atoms in total. The van der Waals surface area contributed by atoms with Crippen LogP contribution in [0.2, 0.25) is 0 Å². The van der Waals surface area contributed by atoms with Gasteiger partial charge >= 0.3 is 0 Å². The van der Waals surface area contributed by atoms with Crippen molar-refractivity contribution in [3.63, 3.8) is 0 Å². The second-order valence-electron chi connectivity index (χ2n) is 5.51. The van der Waals surface area contributed by atoms with Crippen molar-refractivity contribution in [3.05, 3.63) is 23.8 Å². The smallest absolute Gasteiger partial charge is 0.248 e. The maximum atomic E-state index is 11.1. The van der Waals surface area contributed by atoms with Crippen LogP contribution in [-0.4, -0.2) is 11.9 Å². The predicted octanol–water partition coefficient (Wildman–Crippen LogP) is 1.97. The number of primary amides is 1. The lowest BCUT2D eigenvalue weighted by Gasteiger charge is -2.20. The number of hydrogen-bond acceptors (Lipinski definition) is 3. The fourth-order valence-electron chi connectivity index (χ4n) is 2.56. The summed E-state index contributed by atoms with van der Waals surface area (Å²) in [6, 6.07) is 5.82. The highest BCUT2D eigenvalue weighted by molar-refractivity contribution is 5.94. The normalized spacial score (nSPS) is 18.9. The van der Waals surface area contributed by atoms with E-state index in [2.05, 4.69) is 5.32 Å². The first-order valence-electron chi connectivity index (χ1n) is 6.61. The van der Waals surface area contributed by atoms with Gasteiger partial charge in [-0.15, -0.1) is 0 Å². The van der Waals surface area contributed by atoms with Crippen LogP contribution in [0.25, 0.3) is 0 Å². The molecule has 3 rings (SSSR count). The second-order valence-corrected chi connectivity index (χ2v) is 5.51. The summed E-state index contributed by atoms with van der Waals surface area (Å²) in [4.78, 5) is 11.1. The summed E-state index contributed by atoms with van der Waals surface area (Å²) in [7, 11) is 0. The van der Waals surface area contributed by atoms with Crippen LogP contribution in [0.1, 0.15) is 36.0 Å². The van der Waals surface area contributed by atoms with Crippen molar-refractivity contribution in [2.24, 2.45) is 17.6 Å². The van der Waals surface area contributed by atoms with Gasteiger partial charge in [-0.2, -0.15) is 0 Å². The molecule has 0 aliphatic heterocycles. The van der Waals surface area contributed by atoms with Gasteiger partial charge < -0.3 is 16.8 Å². The molecule has 1 aromatic carbocycles. The number of rotatable bonds is 5. The molecule has 0 saturated heterocycles. The monoisotopic (exact) mass is 245 g/mol. The highest BCUT2D eigenvalue weighted by Gasteiger charge is 2.41. The summed E-state index contributed by atoms with van der Waals surface area (Å²) >= 11 is 0. The van der Waals surface area contributed by atoms with Gasteiger partial charge in [0.05, 0.1) is 11.4 Å². The zero-order chi connectivity index (χ0) is 12.7. The van der Waals surface area contributed by atoms with E-state index < -0.39 is 5.91 Å². The summed E-state index contributed by atoms with van der Waals surface area (Å²) < 4.78 is 0. The molecule has 2 aliphatic rings. The van der Waals surface area contributed by atoms with E-state index in [-0.39, 0.29) is 0 Å². The first-order valence-corrected chi connectivity index (χ1v) is 6.61. The minimum Gasteiger partial charge on any atom is -0.397 e. The van der Waals surface area contributed by atoms with Crippen LogP contribution in [-0.2, 0) is 0 Å². The van der Waals surface area contributed by atoms with E-state index in [1.165, 1.54) is 25.7 Å². The van der Waals surface area contributed by atoms with Crippen LogP contribution >= 0.6 is 0 Å². The number of nitrogens with one attached hydrogen (secondary N) is 1. The Bertz CT molecular complexity index is 466. The summed E-state index contributed by atoms with van der Waals surface area (Å²) in [5.41, 5.74) is 13.2. The minimum absolute atomic E-state index is 0.436. The Hall–Kier alpha value is -1.71. The van der Waals surface area contributed by atoms with E-state index in [1.54, 1.807) is 12.1 Å². The van der Waals surface area contributed by atoms with Crippen molar-refractivity contribution in [1.29, 1.82) is 0 Å². The molecule has 4 heteroatoms. The number of carbonyl (C=O) groups is 1. The van der Waals surface area contributed by atoms with Gasteiger partial charge in [0.25, 0.3) is 0 Å². The fraction of sp³-hybridized carbons (Fsp3) is 0.500. The van der Waals surface area contributed by atoms with E-state index in [0.717, 1.165) is 17.5 Å². The van der Waals surface area contributed by atoms with Gasteiger partial charge in [-0.05, 0) is 55.7 Å². The second kappa shape index (κ2) is 4.19. The molecular weight excluding hydrogens is 226 g/mol. The Morgan fingerprint density at radius 1 is 1.22 bits per heavy atom. The van der Waals surface area contributed by atoms with Crippen LogP contribution in [0.15, 0.2) is 18.2 Å². The maximum absolute atomic E-state index is 11.1. The van der Waals surface area contributed by atoms with Gasteiger partial charge in [0, 0.05) is 11.6 Å². The van der Waals surface area contributed by atoms with Gasteiger partial charge in [-0.25, -0.2) is 0 Å². The van der Waals surface area contributed by atoms with E-state index in [4.69, 9.17) is 11.5 Å². The zero-order valence-corrected chi connectivity index (χ0v) is 10.4. The van der Waals surface area contributed by atoms with Crippen molar-refractivity contribution >= 4 is 17.3 Å². The molecule has 0 atom stereocenters. The number of carbonyl (C=O) groups excluding carboxylic acids is 1. The Kier molecular flexibility index (Phi) is 2.65.